The van der Waals surface area contributed by atoms with E-state index in [2.05, 4.69) is 22.7 Å². The molecule has 0 bridgehead atoms. The Morgan fingerprint density at radius 2 is 1.62 bits per heavy atom. The second-order valence-electron chi connectivity index (χ2n) is 5.78. The van der Waals surface area contributed by atoms with Gasteiger partial charge in [-0.05, 0) is 17.7 Å². The molecule has 1 aliphatic rings. The van der Waals surface area contributed by atoms with E-state index in [1.54, 1.807) is 12.1 Å². The maximum absolute atomic E-state index is 12.7. The first kappa shape index (κ1) is 17.2. The lowest BCUT2D eigenvalue weighted by Gasteiger charge is -2.31. The molecule has 2 aromatic carbocycles. The van der Waals surface area contributed by atoms with Crippen molar-refractivity contribution in [2.45, 2.75) is 6.54 Å². The van der Waals surface area contributed by atoms with Crippen molar-refractivity contribution in [3.63, 3.8) is 0 Å². The van der Waals surface area contributed by atoms with Crippen molar-refractivity contribution in [2.24, 2.45) is 5.92 Å². The Morgan fingerprint density at radius 1 is 1.00 bits per heavy atom. The summed E-state index contributed by atoms with van der Waals surface area (Å²) in [6, 6.07) is 17.5. The number of hydrogen-bond donors (Lipinski definition) is 3. The van der Waals surface area contributed by atoms with Crippen molar-refractivity contribution in [3.8, 4) is 0 Å². The molecule has 7 heteroatoms. The fourth-order valence-electron chi connectivity index (χ4n) is 2.58. The molecule has 0 unspecified atom stereocenters. The lowest BCUT2D eigenvalue weighted by atomic mass is 10.0. The van der Waals surface area contributed by atoms with E-state index < -0.39 is 23.8 Å². The minimum Gasteiger partial charge on any atom is -0.304 e. The van der Waals surface area contributed by atoms with Gasteiger partial charge >= 0.3 is 6.03 Å². The van der Waals surface area contributed by atoms with Gasteiger partial charge in [0.25, 0.3) is 0 Å². The number of carbonyl (C=O) groups excluding carboxylic acids is 3. The van der Waals surface area contributed by atoms with Crippen LogP contribution in [-0.4, -0.2) is 22.7 Å². The van der Waals surface area contributed by atoms with E-state index in [0.29, 0.717) is 0 Å². The van der Waals surface area contributed by atoms with Crippen LogP contribution in [0, 0.1) is 5.92 Å². The maximum Gasteiger partial charge on any atom is 0.331 e. The van der Waals surface area contributed by atoms with Crippen LogP contribution in [0.3, 0.4) is 0 Å². The zero-order valence-corrected chi connectivity index (χ0v) is 13.9. The minimum absolute atomic E-state index is 0.0781. The van der Waals surface area contributed by atoms with Gasteiger partial charge < -0.3 is 10.9 Å². The first-order chi connectivity index (χ1) is 12.6. The van der Waals surface area contributed by atoms with Crippen LogP contribution in [0.5, 0.6) is 0 Å². The van der Waals surface area contributed by atoms with E-state index in [-0.39, 0.29) is 12.2 Å². The molecule has 1 heterocycles. The number of amides is 4. The average molecular weight is 350 g/mol. The second-order valence-corrected chi connectivity index (χ2v) is 5.78. The maximum atomic E-state index is 12.7. The molecule has 7 nitrogen and oxygen atoms in total. The summed E-state index contributed by atoms with van der Waals surface area (Å²) in [5.74, 6) is -2.51. The fraction of sp³-hybridized carbons (Fsp3) is 0.105. The smallest absolute Gasteiger partial charge is 0.304 e. The van der Waals surface area contributed by atoms with Crippen LogP contribution in [0.1, 0.15) is 5.56 Å². The molecule has 132 valence electrons. The van der Waals surface area contributed by atoms with Crippen LogP contribution in [0.25, 0.3) is 0 Å². The van der Waals surface area contributed by atoms with Crippen molar-refractivity contribution < 1.29 is 14.4 Å². The highest BCUT2D eigenvalue weighted by atomic mass is 16.2. The Kier molecular flexibility index (Phi) is 4.98. The summed E-state index contributed by atoms with van der Waals surface area (Å²) in [7, 11) is 0. The summed E-state index contributed by atoms with van der Waals surface area (Å²) in [6.45, 7) is 3.85. The molecular formula is C19H18N4O3. The van der Waals surface area contributed by atoms with Crippen LogP contribution < -0.4 is 16.2 Å². The number of nitrogens with one attached hydrogen (secondary N) is 3. The summed E-state index contributed by atoms with van der Waals surface area (Å²) in [5.41, 5.74) is 7.32. The van der Waals surface area contributed by atoms with Gasteiger partial charge in [0.05, 0.1) is 12.2 Å². The van der Waals surface area contributed by atoms with Crippen LogP contribution in [0.15, 0.2) is 72.9 Å². The van der Waals surface area contributed by atoms with Crippen molar-refractivity contribution in [2.75, 3.05) is 5.43 Å². The van der Waals surface area contributed by atoms with Crippen molar-refractivity contribution >= 4 is 23.5 Å². The summed E-state index contributed by atoms with van der Waals surface area (Å²) in [5, 5.41) is 2.21. The van der Waals surface area contributed by atoms with Crippen molar-refractivity contribution in [1.29, 1.82) is 0 Å². The molecule has 1 atom stereocenters. The van der Waals surface area contributed by atoms with E-state index in [1.807, 2.05) is 48.5 Å². The number of para-hydroxylation sites is 1. The molecule has 3 N–H and O–H groups in total. The molecule has 3 rings (SSSR count). The Bertz CT molecular complexity index is 836. The Hall–Kier alpha value is -3.61. The molecule has 0 spiro atoms. The van der Waals surface area contributed by atoms with Gasteiger partial charge in [0.2, 0.25) is 11.8 Å². The van der Waals surface area contributed by atoms with E-state index in [0.717, 1.165) is 16.2 Å². The zero-order chi connectivity index (χ0) is 18.5. The highest BCUT2D eigenvalue weighted by Crippen LogP contribution is 2.19. The minimum atomic E-state index is -1.20. The highest BCUT2D eigenvalue weighted by Gasteiger charge is 2.42. The SMILES string of the molecule is C=C(NNc1ccccc1)[C@H]1C(=O)NC(=O)N(Cc2ccccc2)C1=O. The first-order valence-electron chi connectivity index (χ1n) is 8.02. The predicted octanol–water partition coefficient (Wildman–Crippen LogP) is 2.01. The third-order valence-electron chi connectivity index (χ3n) is 3.92. The number of benzene rings is 2. The Labute approximate surface area is 150 Å². The summed E-state index contributed by atoms with van der Waals surface area (Å²) in [6.07, 6.45) is 0. The molecule has 0 aliphatic carbocycles. The van der Waals surface area contributed by atoms with Gasteiger partial charge in [-0.1, -0.05) is 55.1 Å². The van der Waals surface area contributed by atoms with E-state index in [4.69, 9.17) is 0 Å². The molecule has 26 heavy (non-hydrogen) atoms. The number of urea groups is 1. The largest absolute Gasteiger partial charge is 0.331 e. The molecule has 0 aromatic heterocycles. The lowest BCUT2D eigenvalue weighted by Crippen LogP contribution is -2.58. The lowest BCUT2D eigenvalue weighted by molar-refractivity contribution is -0.141. The molecule has 1 saturated heterocycles. The molecule has 0 radical (unpaired) electrons. The molecule has 4 amide bonds. The quantitative estimate of drug-likeness (QED) is 0.548. The van der Waals surface area contributed by atoms with Gasteiger partial charge in [0.15, 0.2) is 5.92 Å². The normalized spacial score (nSPS) is 16.8. The number of hydrogen-bond acceptors (Lipinski definition) is 5. The second kappa shape index (κ2) is 7.52. The van der Waals surface area contributed by atoms with Crippen LogP contribution in [0.4, 0.5) is 10.5 Å². The number of carbonyl (C=O) groups is 3. The van der Waals surface area contributed by atoms with Gasteiger partial charge in [-0.15, -0.1) is 0 Å². The average Bonchev–Trinajstić information content (AvgIpc) is 2.65. The van der Waals surface area contributed by atoms with Gasteiger partial charge in [-0.3, -0.25) is 19.8 Å². The summed E-state index contributed by atoms with van der Waals surface area (Å²) in [4.78, 5) is 38.0. The van der Waals surface area contributed by atoms with Crippen molar-refractivity contribution in [1.82, 2.24) is 15.6 Å². The van der Waals surface area contributed by atoms with Crippen molar-refractivity contribution in [3.05, 3.63) is 78.5 Å². The standard InChI is InChI=1S/C19H18N4O3/c1-13(21-22-15-10-6-3-7-11-15)16-17(24)20-19(26)23(18(16)25)12-14-8-4-2-5-9-14/h2-11,16,21-22H,1,12H2,(H,20,24,26)/t16-/m0/s1. The third kappa shape index (κ3) is 3.72. The third-order valence-corrected chi connectivity index (χ3v) is 3.92. The number of imide groups is 2. The number of nitrogens with zero attached hydrogens (tertiary/aromatic N) is 1. The number of hydrazine groups is 1. The van der Waals surface area contributed by atoms with E-state index in [9.17, 15) is 14.4 Å². The number of barbiturate groups is 1. The van der Waals surface area contributed by atoms with Gasteiger partial charge in [0, 0.05) is 5.70 Å². The fourth-order valence-corrected chi connectivity index (χ4v) is 2.58. The highest BCUT2D eigenvalue weighted by molar-refractivity contribution is 6.17. The zero-order valence-electron chi connectivity index (χ0n) is 13.9. The van der Waals surface area contributed by atoms with Crippen LogP contribution >= 0.6 is 0 Å². The van der Waals surface area contributed by atoms with Gasteiger partial charge in [-0.25, -0.2) is 4.79 Å². The molecule has 0 saturated carbocycles. The Morgan fingerprint density at radius 3 is 2.27 bits per heavy atom. The van der Waals surface area contributed by atoms with Gasteiger partial charge in [0.1, 0.15) is 0 Å². The van der Waals surface area contributed by atoms with E-state index >= 15 is 0 Å². The van der Waals surface area contributed by atoms with Gasteiger partial charge in [-0.2, -0.15) is 0 Å². The van der Waals surface area contributed by atoms with Crippen LogP contribution in [-0.2, 0) is 16.1 Å². The summed E-state index contributed by atoms with van der Waals surface area (Å²) < 4.78 is 0. The molecule has 1 fully saturated rings. The summed E-state index contributed by atoms with van der Waals surface area (Å²) >= 11 is 0. The molecule has 1 aliphatic heterocycles. The van der Waals surface area contributed by atoms with E-state index in [1.165, 1.54) is 0 Å². The number of anilines is 1. The molecular weight excluding hydrogens is 332 g/mol. The predicted molar refractivity (Wildman–Crippen MR) is 96.4 cm³/mol. The number of rotatable bonds is 6. The monoisotopic (exact) mass is 350 g/mol. The topological polar surface area (TPSA) is 90.5 Å². The molecule has 2 aromatic rings. The first-order valence-corrected chi connectivity index (χ1v) is 8.02. The van der Waals surface area contributed by atoms with Crippen LogP contribution in [0.2, 0.25) is 0 Å². The Balaban J connectivity index is 1.71.